The zero-order valence-corrected chi connectivity index (χ0v) is 23.4. The number of anilines is 3. The van der Waals surface area contributed by atoms with Crippen molar-refractivity contribution in [3.05, 3.63) is 60.9 Å². The number of ether oxygens (including phenoxy) is 2. The summed E-state index contributed by atoms with van der Waals surface area (Å²) in [7, 11) is 1.48. The maximum absolute atomic E-state index is 14.7. The molecular weight excluding hydrogens is 539 g/mol. The molecule has 3 aromatic heterocycles. The third kappa shape index (κ3) is 5.75. The second-order valence-corrected chi connectivity index (χ2v) is 10.5. The van der Waals surface area contributed by atoms with Gasteiger partial charge in [0.15, 0.2) is 5.82 Å². The molecule has 0 saturated carbocycles. The highest BCUT2D eigenvalue weighted by Crippen LogP contribution is 2.36. The summed E-state index contributed by atoms with van der Waals surface area (Å²) < 4.78 is 27.6. The molecule has 11 nitrogen and oxygen atoms in total. The van der Waals surface area contributed by atoms with Crippen molar-refractivity contribution in [3.63, 3.8) is 0 Å². The first kappa shape index (κ1) is 27.6. The fraction of sp³-hybridized carbons (Fsp3) is 0.367. The number of carbonyl (C=O) groups excluding carboxylic acids is 1. The largest absolute Gasteiger partial charge is 0.496 e. The van der Waals surface area contributed by atoms with Crippen LogP contribution in [0.5, 0.6) is 5.75 Å². The number of amides is 1. The molecule has 218 valence electrons. The summed E-state index contributed by atoms with van der Waals surface area (Å²) in [4.78, 5) is 27.8. The minimum atomic E-state index is -0.480. The first-order valence-corrected chi connectivity index (χ1v) is 14.1. The number of carbonyl (C=O) groups is 1. The molecule has 0 aliphatic carbocycles. The summed E-state index contributed by atoms with van der Waals surface area (Å²) in [6.45, 7) is 2.75. The van der Waals surface area contributed by atoms with Crippen molar-refractivity contribution in [3.8, 4) is 28.3 Å². The number of methoxy groups -OCH3 is 1. The van der Waals surface area contributed by atoms with Crippen LogP contribution in [0.2, 0.25) is 0 Å². The van der Waals surface area contributed by atoms with Gasteiger partial charge in [-0.15, -0.1) is 0 Å². The Hall–Kier alpha value is -4.58. The minimum absolute atomic E-state index is 0.181. The van der Waals surface area contributed by atoms with Crippen LogP contribution >= 0.6 is 0 Å². The van der Waals surface area contributed by atoms with Gasteiger partial charge in [0.1, 0.15) is 23.2 Å². The summed E-state index contributed by atoms with van der Waals surface area (Å²) in [5.41, 5.74) is 8.64. The van der Waals surface area contributed by atoms with E-state index in [0.717, 1.165) is 62.3 Å². The molecule has 0 radical (unpaired) electrons. The Labute approximate surface area is 242 Å². The maximum Gasteiger partial charge on any atom is 0.222 e. The van der Waals surface area contributed by atoms with E-state index in [1.165, 1.54) is 13.2 Å². The number of hydrogen-bond donors (Lipinski definition) is 2. The molecule has 5 heterocycles. The van der Waals surface area contributed by atoms with Gasteiger partial charge in [-0.2, -0.15) is 5.10 Å². The van der Waals surface area contributed by atoms with Crippen molar-refractivity contribution in [2.75, 3.05) is 43.6 Å². The maximum atomic E-state index is 14.7. The Morgan fingerprint density at radius 2 is 2.00 bits per heavy atom. The van der Waals surface area contributed by atoms with Crippen molar-refractivity contribution in [1.29, 1.82) is 0 Å². The molecule has 1 atom stereocenters. The lowest BCUT2D eigenvalue weighted by atomic mass is 9.96. The monoisotopic (exact) mass is 572 g/mol. The number of benzene rings is 1. The van der Waals surface area contributed by atoms with Gasteiger partial charge in [-0.25, -0.2) is 19.3 Å². The summed E-state index contributed by atoms with van der Waals surface area (Å²) in [6.07, 6.45) is 10.7. The van der Waals surface area contributed by atoms with Crippen molar-refractivity contribution >= 4 is 23.2 Å². The van der Waals surface area contributed by atoms with E-state index < -0.39 is 5.82 Å². The van der Waals surface area contributed by atoms with Gasteiger partial charge in [0.2, 0.25) is 5.91 Å². The quantitative estimate of drug-likeness (QED) is 0.316. The minimum Gasteiger partial charge on any atom is -0.496 e. The Kier molecular flexibility index (Phi) is 7.95. The third-order valence-corrected chi connectivity index (χ3v) is 7.85. The zero-order valence-electron chi connectivity index (χ0n) is 23.4. The second kappa shape index (κ2) is 12.1. The molecule has 6 rings (SSSR count). The Morgan fingerprint density at radius 3 is 2.81 bits per heavy atom. The summed E-state index contributed by atoms with van der Waals surface area (Å²) >= 11 is 0. The topological polar surface area (TPSA) is 133 Å². The normalized spacial score (nSPS) is 17.7. The Bertz CT molecular complexity index is 1570. The highest BCUT2D eigenvalue weighted by atomic mass is 19.1. The molecule has 42 heavy (non-hydrogen) atoms. The van der Waals surface area contributed by atoms with Gasteiger partial charge in [-0.05, 0) is 43.9 Å². The number of halogens is 1. The van der Waals surface area contributed by atoms with Crippen LogP contribution in [0.4, 0.5) is 21.7 Å². The van der Waals surface area contributed by atoms with E-state index in [2.05, 4.69) is 36.5 Å². The number of piperidine rings is 1. The predicted octanol–water partition coefficient (Wildman–Crippen LogP) is 4.35. The van der Waals surface area contributed by atoms with Gasteiger partial charge in [-0.1, -0.05) is 6.07 Å². The van der Waals surface area contributed by atoms with Crippen LogP contribution in [0, 0.1) is 11.7 Å². The van der Waals surface area contributed by atoms with E-state index in [9.17, 15) is 9.18 Å². The molecular formula is C30H33FN8O3. The lowest BCUT2D eigenvalue weighted by molar-refractivity contribution is -0.122. The molecule has 0 bridgehead atoms. The second-order valence-electron chi connectivity index (χ2n) is 10.5. The van der Waals surface area contributed by atoms with Gasteiger partial charge in [0.25, 0.3) is 0 Å². The number of nitrogens with zero attached hydrogens (tertiary/aromatic N) is 6. The van der Waals surface area contributed by atoms with Gasteiger partial charge >= 0.3 is 0 Å². The summed E-state index contributed by atoms with van der Waals surface area (Å²) in [5.74, 6) is 0.500. The SMILES string of the molecule is COc1cccc(F)c1-c1nccc(Nc2cc(N3CCC[C@H](C(N)=O)C3)c(-c3cnn(C4CCOCC4)c3)cn2)n1. The van der Waals surface area contributed by atoms with Crippen LogP contribution in [0.25, 0.3) is 22.5 Å². The molecule has 1 amide bonds. The molecule has 1 aromatic carbocycles. The molecule has 12 heteroatoms. The predicted molar refractivity (Wildman–Crippen MR) is 156 cm³/mol. The summed E-state index contributed by atoms with van der Waals surface area (Å²) in [5, 5.41) is 7.90. The lowest BCUT2D eigenvalue weighted by Crippen LogP contribution is -2.41. The fourth-order valence-corrected chi connectivity index (χ4v) is 5.62. The van der Waals surface area contributed by atoms with E-state index >= 15 is 0 Å². The van der Waals surface area contributed by atoms with Crippen LogP contribution in [0.1, 0.15) is 31.7 Å². The van der Waals surface area contributed by atoms with Gasteiger partial charge in [-0.3, -0.25) is 9.48 Å². The van der Waals surface area contributed by atoms with E-state index in [0.29, 0.717) is 30.0 Å². The molecule has 2 aliphatic heterocycles. The van der Waals surface area contributed by atoms with Gasteiger partial charge in [0, 0.05) is 67.8 Å². The molecule has 2 fully saturated rings. The molecule has 0 spiro atoms. The Morgan fingerprint density at radius 1 is 1.14 bits per heavy atom. The van der Waals surface area contributed by atoms with E-state index in [4.69, 9.17) is 15.2 Å². The molecule has 0 unspecified atom stereocenters. The number of aromatic nitrogens is 5. The standard InChI is InChI=1S/C30H33FN8O3/c1-41-25-6-2-5-23(31)28(25)30-33-10-7-26(37-30)36-27-14-24(38-11-3-4-19(17-38)29(32)40)22(16-34-27)20-15-35-39(18-20)21-8-12-42-13-9-21/h2,5-7,10,14-16,18-19,21H,3-4,8-9,11-13,17H2,1H3,(H2,32,40)(H,33,34,36,37)/t19-/m0/s1. The van der Waals surface area contributed by atoms with Crippen LogP contribution in [0.15, 0.2) is 55.1 Å². The van der Waals surface area contributed by atoms with Crippen LogP contribution < -0.4 is 20.7 Å². The van der Waals surface area contributed by atoms with Crippen molar-refractivity contribution in [2.45, 2.75) is 31.7 Å². The van der Waals surface area contributed by atoms with Crippen LogP contribution in [0.3, 0.4) is 0 Å². The Balaban J connectivity index is 1.34. The van der Waals surface area contributed by atoms with E-state index in [1.807, 2.05) is 16.9 Å². The van der Waals surface area contributed by atoms with Crippen molar-refractivity contribution < 1.29 is 18.7 Å². The number of primary amides is 1. The number of rotatable bonds is 8. The highest BCUT2D eigenvalue weighted by molar-refractivity contribution is 5.82. The number of nitrogens with two attached hydrogens (primary N) is 1. The molecule has 2 saturated heterocycles. The van der Waals surface area contributed by atoms with Crippen LogP contribution in [-0.2, 0) is 9.53 Å². The zero-order chi connectivity index (χ0) is 29.1. The van der Waals surface area contributed by atoms with Crippen molar-refractivity contribution in [2.24, 2.45) is 11.7 Å². The first-order valence-electron chi connectivity index (χ1n) is 14.1. The average molecular weight is 573 g/mol. The van der Waals surface area contributed by atoms with Gasteiger partial charge < -0.3 is 25.4 Å². The number of pyridine rings is 1. The first-order chi connectivity index (χ1) is 20.5. The van der Waals surface area contributed by atoms with E-state index in [-0.39, 0.29) is 23.2 Å². The fourth-order valence-electron chi connectivity index (χ4n) is 5.62. The number of nitrogens with one attached hydrogen (secondary N) is 1. The number of hydrogen-bond acceptors (Lipinski definition) is 9. The average Bonchev–Trinajstić information content (AvgIpc) is 3.52. The lowest BCUT2D eigenvalue weighted by Gasteiger charge is -2.34. The van der Waals surface area contributed by atoms with Crippen molar-refractivity contribution in [1.82, 2.24) is 24.7 Å². The molecule has 3 N–H and O–H groups in total. The molecule has 2 aliphatic rings. The van der Waals surface area contributed by atoms with Gasteiger partial charge in [0.05, 0.1) is 30.8 Å². The smallest absolute Gasteiger partial charge is 0.222 e. The van der Waals surface area contributed by atoms with Crippen LogP contribution in [-0.4, -0.2) is 64.1 Å². The van der Waals surface area contributed by atoms with E-state index in [1.54, 1.807) is 30.6 Å². The highest BCUT2D eigenvalue weighted by Gasteiger charge is 2.27. The summed E-state index contributed by atoms with van der Waals surface area (Å²) in [6, 6.07) is 8.50. The molecule has 4 aromatic rings. The third-order valence-electron chi connectivity index (χ3n) is 7.85.